The van der Waals surface area contributed by atoms with Crippen LogP contribution in [-0.2, 0) is 4.79 Å². The molecule has 1 N–H and O–H groups in total. The summed E-state index contributed by atoms with van der Waals surface area (Å²) in [6, 6.07) is 0.848. The second kappa shape index (κ2) is 7.25. The summed E-state index contributed by atoms with van der Waals surface area (Å²) in [6.07, 6.45) is 2.72. The van der Waals surface area contributed by atoms with Gasteiger partial charge in [-0.25, -0.2) is 0 Å². The molecule has 1 aliphatic heterocycles. The molecule has 0 spiro atoms. The first-order chi connectivity index (χ1) is 8.82. The average molecular weight is 270 g/mol. The van der Waals surface area contributed by atoms with Gasteiger partial charge >= 0.3 is 0 Å². The maximum Gasteiger partial charge on any atom is 0.237 e. The van der Waals surface area contributed by atoms with Gasteiger partial charge in [0, 0.05) is 18.1 Å². The summed E-state index contributed by atoms with van der Waals surface area (Å²) in [4.78, 5) is 16.6. The minimum absolute atomic E-state index is 0.211. The molecule has 4 nitrogen and oxygen atoms in total. The number of hydrogen-bond donors (Lipinski definition) is 1. The molecule has 0 bridgehead atoms. The lowest BCUT2D eigenvalue weighted by atomic mass is 10.1. The van der Waals surface area contributed by atoms with E-state index in [1.165, 1.54) is 0 Å². The number of hydrogen-bond acceptors (Lipinski definition) is 3. The highest BCUT2D eigenvalue weighted by molar-refractivity contribution is 5.79. The highest BCUT2D eigenvalue weighted by Gasteiger charge is 2.29. The van der Waals surface area contributed by atoms with Gasteiger partial charge in [-0.3, -0.25) is 9.69 Å². The molecule has 1 saturated heterocycles. The summed E-state index contributed by atoms with van der Waals surface area (Å²) in [7, 11) is 0. The first-order valence-electron chi connectivity index (χ1n) is 7.56. The Morgan fingerprint density at radius 2 is 1.84 bits per heavy atom. The van der Waals surface area contributed by atoms with Gasteiger partial charge in [0.05, 0.1) is 12.6 Å². The van der Waals surface area contributed by atoms with Crippen LogP contribution in [0.1, 0.15) is 53.9 Å². The number of rotatable bonds is 6. The Hall–Kier alpha value is -0.610. The summed E-state index contributed by atoms with van der Waals surface area (Å²) in [5, 5.41) is 9.53. The van der Waals surface area contributed by atoms with Crippen molar-refractivity contribution in [2.75, 3.05) is 13.1 Å². The molecular formula is C15H30N2O2. The number of amides is 1. The van der Waals surface area contributed by atoms with Crippen molar-refractivity contribution < 1.29 is 9.90 Å². The zero-order chi connectivity index (χ0) is 14.6. The second-order valence-corrected chi connectivity index (χ2v) is 6.34. The van der Waals surface area contributed by atoms with Gasteiger partial charge in [0.2, 0.25) is 5.91 Å². The van der Waals surface area contributed by atoms with Gasteiger partial charge in [-0.2, -0.15) is 0 Å². The summed E-state index contributed by atoms with van der Waals surface area (Å²) in [5.74, 6) is 0.211. The maximum absolute atomic E-state index is 12.4. The van der Waals surface area contributed by atoms with Gasteiger partial charge in [-0.05, 0) is 60.4 Å². The third-order valence-electron chi connectivity index (χ3n) is 3.85. The Morgan fingerprint density at radius 3 is 2.32 bits per heavy atom. The molecule has 2 unspecified atom stereocenters. The lowest BCUT2D eigenvalue weighted by Gasteiger charge is -2.34. The molecule has 19 heavy (non-hydrogen) atoms. The molecular weight excluding hydrogens is 240 g/mol. The fourth-order valence-corrected chi connectivity index (χ4v) is 3.19. The van der Waals surface area contributed by atoms with Gasteiger partial charge < -0.3 is 10.0 Å². The number of aliphatic hydroxyl groups is 1. The van der Waals surface area contributed by atoms with Crippen LogP contribution in [0.5, 0.6) is 0 Å². The molecule has 2 atom stereocenters. The molecule has 0 aromatic heterocycles. The molecule has 0 aromatic rings. The number of likely N-dealkylation sites (tertiary alicyclic amines) is 1. The van der Waals surface area contributed by atoms with Gasteiger partial charge in [0.15, 0.2) is 0 Å². The van der Waals surface area contributed by atoms with Crippen molar-refractivity contribution in [3.05, 3.63) is 0 Å². The standard InChI is InChI=1S/C15H30N2O2/c1-11(2)17(12(3)4)15(19)10-16-8-6-7-14(16)9-13(5)18/h11-14,18H,6-10H2,1-5H3. The zero-order valence-electron chi connectivity index (χ0n) is 13.1. The minimum Gasteiger partial charge on any atom is -0.393 e. The molecule has 0 aliphatic carbocycles. The molecule has 112 valence electrons. The van der Waals surface area contributed by atoms with Gasteiger partial charge in [0.1, 0.15) is 0 Å². The molecule has 1 fully saturated rings. The van der Waals surface area contributed by atoms with E-state index in [-0.39, 0.29) is 24.1 Å². The van der Waals surface area contributed by atoms with Crippen LogP contribution in [0.15, 0.2) is 0 Å². The van der Waals surface area contributed by atoms with E-state index in [9.17, 15) is 9.90 Å². The Labute approximate surface area is 117 Å². The van der Waals surface area contributed by atoms with Crippen molar-refractivity contribution in [2.45, 2.75) is 78.1 Å². The van der Waals surface area contributed by atoms with Gasteiger partial charge in [-0.15, -0.1) is 0 Å². The van der Waals surface area contributed by atoms with E-state index >= 15 is 0 Å². The summed E-state index contributed by atoms with van der Waals surface area (Å²) in [5.41, 5.74) is 0. The highest BCUT2D eigenvalue weighted by atomic mass is 16.3. The Morgan fingerprint density at radius 1 is 1.26 bits per heavy atom. The SMILES string of the molecule is CC(O)CC1CCCN1CC(=O)N(C(C)C)C(C)C. The van der Waals surface area contributed by atoms with E-state index in [1.807, 2.05) is 11.8 Å². The van der Waals surface area contributed by atoms with Gasteiger partial charge in [0.25, 0.3) is 0 Å². The van der Waals surface area contributed by atoms with Crippen molar-refractivity contribution in [1.29, 1.82) is 0 Å². The smallest absolute Gasteiger partial charge is 0.237 e. The number of carbonyl (C=O) groups excluding carboxylic acids is 1. The van der Waals surface area contributed by atoms with Crippen LogP contribution in [0.4, 0.5) is 0 Å². The third-order valence-corrected chi connectivity index (χ3v) is 3.85. The van der Waals surface area contributed by atoms with Crippen molar-refractivity contribution in [2.24, 2.45) is 0 Å². The van der Waals surface area contributed by atoms with Crippen LogP contribution >= 0.6 is 0 Å². The topological polar surface area (TPSA) is 43.8 Å². The van der Waals surface area contributed by atoms with E-state index in [2.05, 4.69) is 32.6 Å². The van der Waals surface area contributed by atoms with Crippen LogP contribution in [0, 0.1) is 0 Å². The molecule has 1 amide bonds. The van der Waals surface area contributed by atoms with Crippen LogP contribution in [0.2, 0.25) is 0 Å². The number of carbonyl (C=O) groups is 1. The highest BCUT2D eigenvalue weighted by Crippen LogP contribution is 2.21. The Kier molecular flexibility index (Phi) is 6.27. The van der Waals surface area contributed by atoms with Crippen molar-refractivity contribution in [3.63, 3.8) is 0 Å². The van der Waals surface area contributed by atoms with Crippen LogP contribution in [-0.4, -0.2) is 58.1 Å². The monoisotopic (exact) mass is 270 g/mol. The molecule has 0 aromatic carbocycles. The van der Waals surface area contributed by atoms with E-state index in [0.29, 0.717) is 12.6 Å². The fraction of sp³-hybridized carbons (Fsp3) is 0.933. The minimum atomic E-state index is -0.285. The van der Waals surface area contributed by atoms with Crippen molar-refractivity contribution in [3.8, 4) is 0 Å². The lowest BCUT2D eigenvalue weighted by Crippen LogP contribution is -2.48. The van der Waals surface area contributed by atoms with Crippen molar-refractivity contribution in [1.82, 2.24) is 9.80 Å². The van der Waals surface area contributed by atoms with E-state index in [0.717, 1.165) is 25.8 Å². The number of aliphatic hydroxyl groups excluding tert-OH is 1. The molecule has 4 heteroatoms. The number of nitrogens with zero attached hydrogens (tertiary/aromatic N) is 2. The molecule has 1 rings (SSSR count). The largest absolute Gasteiger partial charge is 0.393 e. The maximum atomic E-state index is 12.4. The van der Waals surface area contributed by atoms with Crippen LogP contribution < -0.4 is 0 Å². The third kappa shape index (κ3) is 4.77. The van der Waals surface area contributed by atoms with Crippen molar-refractivity contribution >= 4 is 5.91 Å². The van der Waals surface area contributed by atoms with Gasteiger partial charge in [-0.1, -0.05) is 0 Å². The molecule has 1 aliphatic rings. The predicted octanol–water partition coefficient (Wildman–Crippen LogP) is 1.87. The molecule has 0 saturated carbocycles. The first-order valence-corrected chi connectivity index (χ1v) is 7.56. The zero-order valence-corrected chi connectivity index (χ0v) is 13.1. The normalized spacial score (nSPS) is 22.2. The lowest BCUT2D eigenvalue weighted by molar-refractivity contribution is -0.136. The Balaban J connectivity index is 2.59. The Bertz CT molecular complexity index is 282. The summed E-state index contributed by atoms with van der Waals surface area (Å²) < 4.78 is 0. The summed E-state index contributed by atoms with van der Waals surface area (Å²) >= 11 is 0. The quantitative estimate of drug-likeness (QED) is 0.801. The first kappa shape index (κ1) is 16.4. The average Bonchev–Trinajstić information content (AvgIpc) is 2.63. The predicted molar refractivity (Wildman–Crippen MR) is 78.0 cm³/mol. The van der Waals surface area contributed by atoms with E-state index < -0.39 is 0 Å². The molecule has 0 radical (unpaired) electrons. The molecule has 1 heterocycles. The van der Waals surface area contributed by atoms with Crippen LogP contribution in [0.25, 0.3) is 0 Å². The second-order valence-electron chi connectivity index (χ2n) is 6.34. The fourth-order valence-electron chi connectivity index (χ4n) is 3.19. The van der Waals surface area contributed by atoms with Crippen LogP contribution in [0.3, 0.4) is 0 Å². The van der Waals surface area contributed by atoms with E-state index in [1.54, 1.807) is 0 Å². The van der Waals surface area contributed by atoms with E-state index in [4.69, 9.17) is 0 Å². The summed E-state index contributed by atoms with van der Waals surface area (Å²) in [6.45, 7) is 11.6.